The van der Waals surface area contributed by atoms with Gasteiger partial charge in [0.1, 0.15) is 0 Å². The van der Waals surface area contributed by atoms with Gasteiger partial charge < -0.3 is 9.88 Å². The summed E-state index contributed by atoms with van der Waals surface area (Å²) in [5.74, 6) is 0.197. The molecule has 2 heterocycles. The first-order valence-corrected chi connectivity index (χ1v) is 12.8. The van der Waals surface area contributed by atoms with E-state index in [1.807, 2.05) is 24.3 Å². The third-order valence-corrected chi connectivity index (χ3v) is 7.67. The zero-order chi connectivity index (χ0) is 24.4. The van der Waals surface area contributed by atoms with Crippen LogP contribution in [0.4, 0.5) is 5.69 Å². The van der Waals surface area contributed by atoms with Gasteiger partial charge in [-0.15, -0.1) is 0 Å². The van der Waals surface area contributed by atoms with Gasteiger partial charge in [0.25, 0.3) is 0 Å². The first-order valence-electron chi connectivity index (χ1n) is 12.4. The number of nitrogens with one attached hydrogen (secondary N) is 1. The minimum atomic E-state index is 0.0573. The van der Waals surface area contributed by atoms with Gasteiger partial charge in [0.15, 0.2) is 0 Å². The molecule has 5 rings (SSSR count). The van der Waals surface area contributed by atoms with Crippen molar-refractivity contribution in [1.82, 2.24) is 9.47 Å². The number of halogens is 1. The number of amides is 1. The number of aromatic nitrogens is 1. The van der Waals surface area contributed by atoms with Gasteiger partial charge in [-0.25, -0.2) is 0 Å². The van der Waals surface area contributed by atoms with Gasteiger partial charge in [-0.1, -0.05) is 54.1 Å². The summed E-state index contributed by atoms with van der Waals surface area (Å²) < 4.78 is 2.38. The highest BCUT2D eigenvalue weighted by atomic mass is 35.5. The molecule has 5 heteroatoms. The van der Waals surface area contributed by atoms with Gasteiger partial charge in [0.2, 0.25) is 5.91 Å². The highest BCUT2D eigenvalue weighted by Crippen LogP contribution is 2.27. The van der Waals surface area contributed by atoms with Crippen molar-refractivity contribution >= 4 is 34.1 Å². The predicted molar refractivity (Wildman–Crippen MR) is 145 cm³/mol. The van der Waals surface area contributed by atoms with E-state index < -0.39 is 0 Å². The Hall–Kier alpha value is -3.08. The van der Waals surface area contributed by atoms with Crippen molar-refractivity contribution < 1.29 is 4.79 Å². The summed E-state index contributed by atoms with van der Waals surface area (Å²) in [6, 6.07) is 25.0. The number of aryl methyl sites for hydroxylation is 2. The van der Waals surface area contributed by atoms with E-state index in [9.17, 15) is 4.79 Å². The van der Waals surface area contributed by atoms with Gasteiger partial charge in [0.05, 0.1) is 0 Å². The van der Waals surface area contributed by atoms with Crippen LogP contribution in [0.1, 0.15) is 35.2 Å². The molecule has 0 radical (unpaired) electrons. The van der Waals surface area contributed by atoms with E-state index in [2.05, 4.69) is 77.2 Å². The zero-order valence-electron chi connectivity index (χ0n) is 20.4. The number of hydrogen-bond donors (Lipinski definition) is 1. The standard InChI is InChI=1S/C30H32ClN3O/c1-21-11-12-26(17-22(21)2)32-30(35)23-13-15-33(16-14-23)20-27-18-24-7-4-6-10-29(24)34(27)19-25-8-3-5-9-28(25)31/h3-12,17-18,23H,13-16,19-20H2,1-2H3,(H,32,35). The molecule has 1 amide bonds. The summed E-state index contributed by atoms with van der Waals surface area (Å²) in [5, 5.41) is 5.17. The van der Waals surface area contributed by atoms with E-state index in [1.54, 1.807) is 0 Å². The Morgan fingerprint density at radius 1 is 0.914 bits per heavy atom. The summed E-state index contributed by atoms with van der Waals surface area (Å²) in [5.41, 5.74) is 6.96. The van der Waals surface area contributed by atoms with Gasteiger partial charge in [-0.05, 0) is 92.2 Å². The van der Waals surface area contributed by atoms with Crippen LogP contribution in [-0.4, -0.2) is 28.5 Å². The molecular formula is C30H32ClN3O. The lowest BCUT2D eigenvalue weighted by molar-refractivity contribution is -0.121. The number of carbonyl (C=O) groups is 1. The van der Waals surface area contributed by atoms with Crippen LogP contribution in [0.25, 0.3) is 10.9 Å². The van der Waals surface area contributed by atoms with E-state index in [4.69, 9.17) is 11.6 Å². The topological polar surface area (TPSA) is 37.3 Å². The summed E-state index contributed by atoms with van der Waals surface area (Å²) >= 11 is 6.49. The Labute approximate surface area is 212 Å². The number of rotatable bonds is 6. The zero-order valence-corrected chi connectivity index (χ0v) is 21.2. The third kappa shape index (κ3) is 5.29. The SMILES string of the molecule is Cc1ccc(NC(=O)C2CCN(Cc3cc4ccccc4n3Cc3ccccc3Cl)CC2)cc1C. The average molecular weight is 486 g/mol. The number of piperidine rings is 1. The van der Waals surface area contributed by atoms with Gasteiger partial charge in [-0.2, -0.15) is 0 Å². The summed E-state index contributed by atoms with van der Waals surface area (Å²) in [6.45, 7) is 7.61. The van der Waals surface area contributed by atoms with Crippen molar-refractivity contribution in [3.8, 4) is 0 Å². The highest BCUT2D eigenvalue weighted by molar-refractivity contribution is 6.31. The first kappa shape index (κ1) is 23.7. The number of hydrogen-bond acceptors (Lipinski definition) is 2. The fraction of sp³-hybridized carbons (Fsp3) is 0.300. The van der Waals surface area contributed by atoms with Crippen LogP contribution >= 0.6 is 11.6 Å². The molecule has 1 saturated heterocycles. The second-order valence-corrected chi connectivity index (χ2v) is 10.1. The van der Waals surface area contributed by atoms with E-state index in [-0.39, 0.29) is 11.8 Å². The molecule has 0 spiro atoms. The monoisotopic (exact) mass is 485 g/mol. The molecule has 1 aromatic heterocycles. The highest BCUT2D eigenvalue weighted by Gasteiger charge is 2.26. The van der Waals surface area contributed by atoms with E-state index >= 15 is 0 Å². The van der Waals surface area contributed by atoms with Crippen LogP contribution in [0.2, 0.25) is 5.02 Å². The molecule has 180 valence electrons. The Morgan fingerprint density at radius 2 is 1.66 bits per heavy atom. The molecule has 0 aliphatic carbocycles. The van der Waals surface area contributed by atoms with E-state index in [1.165, 1.54) is 27.7 Å². The molecule has 1 fully saturated rings. The maximum absolute atomic E-state index is 12.9. The van der Waals surface area contributed by atoms with Crippen molar-refractivity contribution in [2.24, 2.45) is 5.92 Å². The molecular weight excluding hydrogens is 454 g/mol. The smallest absolute Gasteiger partial charge is 0.227 e. The molecule has 3 aromatic carbocycles. The minimum absolute atomic E-state index is 0.0573. The fourth-order valence-corrected chi connectivity index (χ4v) is 5.22. The molecule has 4 aromatic rings. The van der Waals surface area contributed by atoms with Gasteiger partial charge in [0, 0.05) is 40.9 Å². The number of fused-ring (bicyclic) bond motifs is 1. The number of anilines is 1. The van der Waals surface area contributed by atoms with Crippen LogP contribution in [0.3, 0.4) is 0 Å². The summed E-state index contributed by atoms with van der Waals surface area (Å²) in [6.07, 6.45) is 1.75. The molecule has 0 saturated carbocycles. The number of nitrogens with zero attached hydrogens (tertiary/aromatic N) is 2. The lowest BCUT2D eigenvalue weighted by Crippen LogP contribution is -2.38. The average Bonchev–Trinajstić information content (AvgIpc) is 3.20. The molecule has 4 nitrogen and oxygen atoms in total. The normalized spacial score (nSPS) is 14.9. The van der Waals surface area contributed by atoms with Crippen LogP contribution in [0, 0.1) is 19.8 Å². The first-order chi connectivity index (χ1) is 17.0. The Morgan fingerprint density at radius 3 is 2.43 bits per heavy atom. The largest absolute Gasteiger partial charge is 0.339 e. The van der Waals surface area contributed by atoms with Crippen LogP contribution in [0.15, 0.2) is 72.8 Å². The number of carbonyl (C=O) groups excluding carboxylic acids is 1. The number of benzene rings is 3. The molecule has 1 aliphatic rings. The van der Waals surface area contributed by atoms with Gasteiger partial charge in [-0.3, -0.25) is 9.69 Å². The number of likely N-dealkylation sites (tertiary alicyclic amines) is 1. The fourth-order valence-electron chi connectivity index (χ4n) is 5.03. The Balaban J connectivity index is 1.26. The molecule has 0 atom stereocenters. The lowest BCUT2D eigenvalue weighted by Gasteiger charge is -2.31. The lowest BCUT2D eigenvalue weighted by atomic mass is 9.95. The van der Waals surface area contributed by atoms with Crippen molar-refractivity contribution in [3.05, 3.63) is 100 Å². The molecule has 1 aliphatic heterocycles. The van der Waals surface area contributed by atoms with Crippen LogP contribution in [0.5, 0.6) is 0 Å². The second kappa shape index (κ2) is 10.3. The van der Waals surface area contributed by atoms with Crippen molar-refractivity contribution in [2.45, 2.75) is 39.8 Å². The van der Waals surface area contributed by atoms with E-state index in [0.29, 0.717) is 0 Å². The Bertz CT molecular complexity index is 1350. The molecule has 1 N–H and O–H groups in total. The maximum Gasteiger partial charge on any atom is 0.227 e. The van der Waals surface area contributed by atoms with Crippen molar-refractivity contribution in [3.63, 3.8) is 0 Å². The molecule has 0 unspecified atom stereocenters. The predicted octanol–water partition coefficient (Wildman–Crippen LogP) is 6.81. The van der Waals surface area contributed by atoms with Crippen LogP contribution < -0.4 is 5.32 Å². The number of para-hydroxylation sites is 1. The quantitative estimate of drug-likeness (QED) is 0.325. The molecule has 0 bridgehead atoms. The Kier molecular flexibility index (Phi) is 6.94. The second-order valence-electron chi connectivity index (χ2n) is 9.71. The van der Waals surface area contributed by atoms with E-state index in [0.717, 1.165) is 55.3 Å². The van der Waals surface area contributed by atoms with Crippen molar-refractivity contribution in [1.29, 1.82) is 0 Å². The summed E-state index contributed by atoms with van der Waals surface area (Å²) in [4.78, 5) is 15.4. The van der Waals surface area contributed by atoms with Gasteiger partial charge >= 0.3 is 0 Å². The minimum Gasteiger partial charge on any atom is -0.339 e. The third-order valence-electron chi connectivity index (χ3n) is 7.30. The van der Waals surface area contributed by atoms with Crippen molar-refractivity contribution in [2.75, 3.05) is 18.4 Å². The summed E-state index contributed by atoms with van der Waals surface area (Å²) in [7, 11) is 0. The molecule has 35 heavy (non-hydrogen) atoms. The van der Waals surface area contributed by atoms with Crippen LogP contribution in [-0.2, 0) is 17.9 Å². The maximum atomic E-state index is 12.9.